The van der Waals surface area contributed by atoms with Crippen LogP contribution in [-0.4, -0.2) is 43.2 Å². The van der Waals surface area contributed by atoms with Crippen LogP contribution >= 0.6 is 0 Å². The molecule has 2 atom stereocenters. The lowest BCUT2D eigenvalue weighted by atomic mass is 10.1. The first kappa shape index (κ1) is 14.4. The van der Waals surface area contributed by atoms with Gasteiger partial charge in [-0.05, 0) is 44.9 Å². The van der Waals surface area contributed by atoms with Gasteiger partial charge in [0, 0.05) is 31.7 Å². The topological polar surface area (TPSA) is 24.5 Å². The largest absolute Gasteiger partial charge is 0.492 e. The Morgan fingerprint density at radius 2 is 1.89 bits per heavy atom. The number of hydrogen-bond acceptors (Lipinski definition) is 3. The van der Waals surface area contributed by atoms with Crippen LogP contribution in [0.25, 0.3) is 0 Å². The summed E-state index contributed by atoms with van der Waals surface area (Å²) in [6, 6.07) is 7.56. The second-order valence-corrected chi connectivity index (χ2v) is 5.71. The summed E-state index contributed by atoms with van der Waals surface area (Å²) in [6.45, 7) is 12.7. The molecule has 2 unspecified atom stereocenters. The molecule has 106 valence electrons. The summed E-state index contributed by atoms with van der Waals surface area (Å²) in [4.78, 5) is 2.53. The van der Waals surface area contributed by atoms with Crippen molar-refractivity contribution in [2.45, 2.75) is 39.8 Å². The van der Waals surface area contributed by atoms with Crippen molar-refractivity contribution in [3.8, 4) is 5.75 Å². The van der Waals surface area contributed by atoms with Crippen molar-refractivity contribution in [2.24, 2.45) is 0 Å². The maximum atomic E-state index is 5.95. The highest BCUT2D eigenvalue weighted by Crippen LogP contribution is 2.19. The third kappa shape index (κ3) is 3.71. The standard InChI is InChI=1S/C16H26N2O/c1-12-5-6-13(2)16(9-12)19-8-7-18-14(3)10-17-11-15(18)4/h5-6,9,14-15,17H,7-8,10-11H2,1-4H3. The predicted octanol–water partition coefficient (Wildman–Crippen LogP) is 2.36. The molecule has 1 fully saturated rings. The van der Waals surface area contributed by atoms with Gasteiger partial charge in [-0.2, -0.15) is 0 Å². The van der Waals surface area contributed by atoms with Gasteiger partial charge < -0.3 is 10.1 Å². The fourth-order valence-corrected chi connectivity index (χ4v) is 2.73. The summed E-state index contributed by atoms with van der Waals surface area (Å²) < 4.78 is 5.95. The zero-order chi connectivity index (χ0) is 13.8. The molecule has 0 amide bonds. The average Bonchev–Trinajstić information content (AvgIpc) is 2.37. The molecular weight excluding hydrogens is 236 g/mol. The van der Waals surface area contributed by atoms with Gasteiger partial charge in [0.05, 0.1) is 0 Å². The highest BCUT2D eigenvalue weighted by atomic mass is 16.5. The van der Waals surface area contributed by atoms with E-state index in [1.165, 1.54) is 11.1 Å². The van der Waals surface area contributed by atoms with Crippen molar-refractivity contribution in [1.82, 2.24) is 10.2 Å². The summed E-state index contributed by atoms with van der Waals surface area (Å²) in [5.74, 6) is 1.02. The van der Waals surface area contributed by atoms with Gasteiger partial charge >= 0.3 is 0 Å². The molecule has 0 spiro atoms. The fourth-order valence-electron chi connectivity index (χ4n) is 2.73. The summed E-state index contributed by atoms with van der Waals surface area (Å²) in [5.41, 5.74) is 2.47. The molecule has 1 N–H and O–H groups in total. The SMILES string of the molecule is Cc1ccc(C)c(OCCN2C(C)CNCC2C)c1. The molecule has 1 aliphatic rings. The summed E-state index contributed by atoms with van der Waals surface area (Å²) >= 11 is 0. The van der Waals surface area contributed by atoms with Crippen molar-refractivity contribution in [1.29, 1.82) is 0 Å². The lowest BCUT2D eigenvalue weighted by Gasteiger charge is -2.39. The summed E-state index contributed by atoms with van der Waals surface area (Å²) in [5, 5.41) is 3.46. The second kappa shape index (κ2) is 6.40. The maximum Gasteiger partial charge on any atom is 0.122 e. The van der Waals surface area contributed by atoms with Gasteiger partial charge in [0.1, 0.15) is 12.4 Å². The molecule has 0 saturated carbocycles. The Kier molecular flexibility index (Phi) is 4.83. The summed E-state index contributed by atoms with van der Waals surface area (Å²) in [6.07, 6.45) is 0. The smallest absolute Gasteiger partial charge is 0.122 e. The van der Waals surface area contributed by atoms with E-state index < -0.39 is 0 Å². The normalized spacial score (nSPS) is 24.4. The Balaban J connectivity index is 1.87. The first-order valence-electron chi connectivity index (χ1n) is 7.24. The van der Waals surface area contributed by atoms with Crippen LogP contribution < -0.4 is 10.1 Å². The zero-order valence-electron chi connectivity index (χ0n) is 12.6. The minimum absolute atomic E-state index is 0.589. The Morgan fingerprint density at radius 1 is 1.21 bits per heavy atom. The number of nitrogens with zero attached hydrogens (tertiary/aromatic N) is 1. The van der Waals surface area contributed by atoms with Gasteiger partial charge in [-0.15, -0.1) is 0 Å². The Morgan fingerprint density at radius 3 is 2.58 bits per heavy atom. The first-order chi connectivity index (χ1) is 9.08. The number of nitrogens with one attached hydrogen (secondary N) is 1. The maximum absolute atomic E-state index is 5.95. The quantitative estimate of drug-likeness (QED) is 0.901. The monoisotopic (exact) mass is 262 g/mol. The van der Waals surface area contributed by atoms with Gasteiger partial charge in [0.2, 0.25) is 0 Å². The molecule has 0 radical (unpaired) electrons. The molecule has 1 aromatic carbocycles. The molecule has 0 aromatic heterocycles. The van der Waals surface area contributed by atoms with E-state index in [4.69, 9.17) is 4.74 Å². The first-order valence-corrected chi connectivity index (χ1v) is 7.24. The van der Waals surface area contributed by atoms with Crippen LogP contribution in [0.3, 0.4) is 0 Å². The van der Waals surface area contributed by atoms with Gasteiger partial charge in [-0.25, -0.2) is 0 Å². The minimum Gasteiger partial charge on any atom is -0.492 e. The Hall–Kier alpha value is -1.06. The average molecular weight is 262 g/mol. The molecule has 0 aliphatic carbocycles. The highest BCUT2D eigenvalue weighted by Gasteiger charge is 2.23. The molecule has 0 bridgehead atoms. The van der Waals surface area contributed by atoms with E-state index in [-0.39, 0.29) is 0 Å². The van der Waals surface area contributed by atoms with Gasteiger partial charge in [-0.3, -0.25) is 4.90 Å². The van der Waals surface area contributed by atoms with E-state index in [0.717, 1.165) is 32.0 Å². The van der Waals surface area contributed by atoms with Crippen LogP contribution in [0, 0.1) is 13.8 Å². The number of hydrogen-bond donors (Lipinski definition) is 1. The van der Waals surface area contributed by atoms with E-state index in [2.05, 4.69) is 56.1 Å². The third-order valence-corrected chi connectivity index (χ3v) is 3.96. The van der Waals surface area contributed by atoms with E-state index in [9.17, 15) is 0 Å². The number of piperazine rings is 1. The minimum atomic E-state index is 0.589. The molecule has 19 heavy (non-hydrogen) atoms. The number of benzene rings is 1. The van der Waals surface area contributed by atoms with Crippen LogP contribution in [-0.2, 0) is 0 Å². The third-order valence-electron chi connectivity index (χ3n) is 3.96. The molecule has 1 aromatic rings. The molecule has 2 rings (SSSR count). The van der Waals surface area contributed by atoms with Gasteiger partial charge in [0.25, 0.3) is 0 Å². The molecule has 1 saturated heterocycles. The van der Waals surface area contributed by atoms with Crippen LogP contribution in [0.1, 0.15) is 25.0 Å². The number of aryl methyl sites for hydroxylation is 2. The molecule has 1 aliphatic heterocycles. The van der Waals surface area contributed by atoms with Crippen molar-refractivity contribution in [2.75, 3.05) is 26.2 Å². The van der Waals surface area contributed by atoms with E-state index >= 15 is 0 Å². The van der Waals surface area contributed by atoms with Crippen molar-refractivity contribution in [3.63, 3.8) is 0 Å². The van der Waals surface area contributed by atoms with Gasteiger partial charge in [0.15, 0.2) is 0 Å². The number of rotatable bonds is 4. The van der Waals surface area contributed by atoms with Crippen LogP contribution in [0.4, 0.5) is 0 Å². The van der Waals surface area contributed by atoms with E-state index in [0.29, 0.717) is 12.1 Å². The van der Waals surface area contributed by atoms with E-state index in [1.807, 2.05) is 0 Å². The van der Waals surface area contributed by atoms with Crippen molar-refractivity contribution < 1.29 is 4.74 Å². The van der Waals surface area contributed by atoms with Crippen LogP contribution in [0.2, 0.25) is 0 Å². The summed E-state index contributed by atoms with van der Waals surface area (Å²) in [7, 11) is 0. The van der Waals surface area contributed by atoms with Crippen molar-refractivity contribution >= 4 is 0 Å². The van der Waals surface area contributed by atoms with Crippen LogP contribution in [0.5, 0.6) is 5.75 Å². The molecule has 1 heterocycles. The number of ether oxygens (including phenoxy) is 1. The molecular formula is C16H26N2O. The molecule has 3 heteroatoms. The van der Waals surface area contributed by atoms with Gasteiger partial charge in [-0.1, -0.05) is 12.1 Å². The predicted molar refractivity (Wildman–Crippen MR) is 79.9 cm³/mol. The zero-order valence-corrected chi connectivity index (χ0v) is 12.6. The van der Waals surface area contributed by atoms with Crippen molar-refractivity contribution in [3.05, 3.63) is 29.3 Å². The Bertz CT molecular complexity index is 409. The van der Waals surface area contributed by atoms with Crippen LogP contribution in [0.15, 0.2) is 18.2 Å². The molecule has 3 nitrogen and oxygen atoms in total. The highest BCUT2D eigenvalue weighted by molar-refractivity contribution is 5.35. The lowest BCUT2D eigenvalue weighted by Crippen LogP contribution is -2.55. The Labute approximate surface area is 116 Å². The second-order valence-electron chi connectivity index (χ2n) is 5.71. The fraction of sp³-hybridized carbons (Fsp3) is 0.625. The van der Waals surface area contributed by atoms with E-state index in [1.54, 1.807) is 0 Å². The lowest BCUT2D eigenvalue weighted by molar-refractivity contribution is 0.0964.